The van der Waals surface area contributed by atoms with Gasteiger partial charge in [0, 0.05) is 6.54 Å². The number of nitrogens with one attached hydrogen (secondary N) is 1. The number of carbonyl (C=O) groups excluding carboxylic acids is 1. The molecule has 1 unspecified atom stereocenters. The second kappa shape index (κ2) is 7.96. The van der Waals surface area contributed by atoms with Crippen molar-refractivity contribution in [3.63, 3.8) is 0 Å². The van der Waals surface area contributed by atoms with E-state index in [1.54, 1.807) is 6.07 Å². The van der Waals surface area contributed by atoms with E-state index in [-0.39, 0.29) is 5.97 Å². The van der Waals surface area contributed by atoms with Crippen LogP contribution in [0.15, 0.2) is 54.6 Å². The Balaban J connectivity index is 2.04. The van der Waals surface area contributed by atoms with Gasteiger partial charge < -0.3 is 10.1 Å². The molecule has 4 heteroatoms. The third-order valence-electron chi connectivity index (χ3n) is 3.38. The van der Waals surface area contributed by atoms with Crippen LogP contribution in [0.4, 0.5) is 0 Å². The van der Waals surface area contributed by atoms with Crippen molar-refractivity contribution >= 4 is 5.97 Å². The number of esters is 1. The van der Waals surface area contributed by atoms with Gasteiger partial charge in [0.05, 0.1) is 18.7 Å². The molecule has 2 aromatic carbocycles. The highest BCUT2D eigenvalue weighted by Gasteiger charge is 2.18. The first-order valence-electron chi connectivity index (χ1n) is 7.07. The number of hydrogen-bond acceptors (Lipinski definition) is 4. The van der Waals surface area contributed by atoms with Gasteiger partial charge in [-0.25, -0.2) is 0 Å². The fourth-order valence-corrected chi connectivity index (χ4v) is 2.22. The molecular weight excluding hydrogens is 276 g/mol. The fraction of sp³-hybridized carbons (Fsp3) is 0.222. The molecule has 112 valence electrons. The van der Waals surface area contributed by atoms with Crippen molar-refractivity contribution in [2.75, 3.05) is 7.11 Å². The Morgan fingerprint density at radius 3 is 2.59 bits per heavy atom. The van der Waals surface area contributed by atoms with Crippen molar-refractivity contribution < 1.29 is 9.53 Å². The maximum atomic E-state index is 11.9. The average molecular weight is 294 g/mol. The van der Waals surface area contributed by atoms with Crippen LogP contribution in [0.1, 0.15) is 16.7 Å². The van der Waals surface area contributed by atoms with E-state index < -0.39 is 6.04 Å². The van der Waals surface area contributed by atoms with Gasteiger partial charge in [-0.3, -0.25) is 4.79 Å². The second-order valence-corrected chi connectivity index (χ2v) is 4.96. The number of nitriles is 1. The van der Waals surface area contributed by atoms with Gasteiger partial charge in [-0.05, 0) is 29.7 Å². The lowest BCUT2D eigenvalue weighted by atomic mass is 10.1. The molecule has 2 aromatic rings. The van der Waals surface area contributed by atoms with Crippen molar-refractivity contribution in [2.24, 2.45) is 0 Å². The van der Waals surface area contributed by atoms with Crippen molar-refractivity contribution in [3.8, 4) is 6.07 Å². The van der Waals surface area contributed by atoms with E-state index in [1.807, 2.05) is 48.5 Å². The van der Waals surface area contributed by atoms with E-state index in [9.17, 15) is 4.79 Å². The Kier molecular flexibility index (Phi) is 5.70. The maximum Gasteiger partial charge on any atom is 0.323 e. The molecule has 22 heavy (non-hydrogen) atoms. The summed E-state index contributed by atoms with van der Waals surface area (Å²) in [5, 5.41) is 12.1. The quantitative estimate of drug-likeness (QED) is 0.831. The van der Waals surface area contributed by atoms with Crippen LogP contribution < -0.4 is 5.32 Å². The van der Waals surface area contributed by atoms with Gasteiger partial charge in [-0.2, -0.15) is 5.26 Å². The summed E-state index contributed by atoms with van der Waals surface area (Å²) in [6.07, 6.45) is 0.561. The smallest absolute Gasteiger partial charge is 0.323 e. The molecule has 2 rings (SSSR count). The third-order valence-corrected chi connectivity index (χ3v) is 3.38. The molecule has 0 fully saturated rings. The van der Waals surface area contributed by atoms with Crippen molar-refractivity contribution in [1.29, 1.82) is 5.26 Å². The molecule has 0 amide bonds. The minimum Gasteiger partial charge on any atom is -0.468 e. The monoisotopic (exact) mass is 294 g/mol. The highest BCUT2D eigenvalue weighted by molar-refractivity contribution is 5.76. The molecule has 0 heterocycles. The molecule has 1 N–H and O–H groups in total. The first-order valence-corrected chi connectivity index (χ1v) is 7.07. The van der Waals surface area contributed by atoms with Crippen LogP contribution in [0.2, 0.25) is 0 Å². The Morgan fingerprint density at radius 2 is 1.91 bits per heavy atom. The van der Waals surface area contributed by atoms with Gasteiger partial charge >= 0.3 is 5.97 Å². The number of rotatable bonds is 6. The molecule has 4 nitrogen and oxygen atoms in total. The number of ether oxygens (including phenoxy) is 1. The first-order chi connectivity index (χ1) is 10.7. The largest absolute Gasteiger partial charge is 0.468 e. The zero-order chi connectivity index (χ0) is 15.8. The molecule has 0 bridgehead atoms. The Hall–Kier alpha value is -2.64. The van der Waals surface area contributed by atoms with Crippen LogP contribution in [0.3, 0.4) is 0 Å². The predicted molar refractivity (Wildman–Crippen MR) is 83.9 cm³/mol. The van der Waals surface area contributed by atoms with Crippen LogP contribution in [0.25, 0.3) is 0 Å². The SMILES string of the molecule is COC(=O)C(Cc1ccccc1)NCc1cccc(C#N)c1. The summed E-state index contributed by atoms with van der Waals surface area (Å²) in [5.74, 6) is -0.291. The van der Waals surface area contributed by atoms with Gasteiger partial charge in [0.2, 0.25) is 0 Å². The topological polar surface area (TPSA) is 62.1 Å². The molecule has 0 aromatic heterocycles. The highest BCUT2D eigenvalue weighted by atomic mass is 16.5. The summed E-state index contributed by atoms with van der Waals surface area (Å²) < 4.78 is 4.86. The number of hydrogen-bond donors (Lipinski definition) is 1. The zero-order valence-electron chi connectivity index (χ0n) is 12.5. The van der Waals surface area contributed by atoms with Gasteiger partial charge in [0.25, 0.3) is 0 Å². The average Bonchev–Trinajstić information content (AvgIpc) is 2.59. The lowest BCUT2D eigenvalue weighted by molar-refractivity contribution is -0.143. The van der Waals surface area contributed by atoms with Crippen LogP contribution in [0.5, 0.6) is 0 Å². The normalized spacial score (nSPS) is 11.5. The van der Waals surface area contributed by atoms with E-state index in [4.69, 9.17) is 10.00 Å². The Labute approximate surface area is 130 Å². The maximum absolute atomic E-state index is 11.9. The first kappa shape index (κ1) is 15.7. The third kappa shape index (κ3) is 4.44. The predicted octanol–water partition coefficient (Wildman–Crippen LogP) is 2.43. The van der Waals surface area contributed by atoms with Gasteiger partial charge in [-0.15, -0.1) is 0 Å². The van der Waals surface area contributed by atoms with E-state index in [1.165, 1.54) is 7.11 Å². The molecule has 0 aliphatic heterocycles. The fourth-order valence-electron chi connectivity index (χ4n) is 2.22. The standard InChI is InChI=1S/C18H18N2O2/c1-22-18(21)17(11-14-6-3-2-4-7-14)20-13-16-9-5-8-15(10-16)12-19/h2-10,17,20H,11,13H2,1H3. The number of nitrogens with zero attached hydrogens (tertiary/aromatic N) is 1. The Morgan fingerprint density at radius 1 is 1.18 bits per heavy atom. The molecule has 0 saturated heterocycles. The van der Waals surface area contributed by atoms with Crippen molar-refractivity contribution in [1.82, 2.24) is 5.32 Å². The summed E-state index contributed by atoms with van der Waals surface area (Å²) in [7, 11) is 1.39. The van der Waals surface area contributed by atoms with E-state index in [0.717, 1.165) is 11.1 Å². The minimum atomic E-state index is -0.418. The second-order valence-electron chi connectivity index (χ2n) is 4.96. The van der Waals surface area contributed by atoms with Crippen LogP contribution in [-0.2, 0) is 22.5 Å². The highest BCUT2D eigenvalue weighted by Crippen LogP contribution is 2.08. The summed E-state index contributed by atoms with van der Waals surface area (Å²) in [5.41, 5.74) is 2.63. The van der Waals surface area contributed by atoms with Gasteiger partial charge in [0.15, 0.2) is 0 Å². The molecule has 0 aliphatic carbocycles. The lowest BCUT2D eigenvalue weighted by Crippen LogP contribution is -2.39. The van der Waals surface area contributed by atoms with Gasteiger partial charge in [-0.1, -0.05) is 42.5 Å². The lowest BCUT2D eigenvalue weighted by Gasteiger charge is -2.16. The molecule has 0 saturated carbocycles. The van der Waals surface area contributed by atoms with Crippen LogP contribution in [0, 0.1) is 11.3 Å². The summed E-state index contributed by atoms with van der Waals surface area (Å²) in [6, 6.07) is 18.8. The van der Waals surface area contributed by atoms with Crippen molar-refractivity contribution in [2.45, 2.75) is 19.0 Å². The van der Waals surface area contributed by atoms with Crippen LogP contribution in [-0.4, -0.2) is 19.1 Å². The zero-order valence-corrected chi connectivity index (χ0v) is 12.5. The number of benzene rings is 2. The van der Waals surface area contributed by atoms with Crippen molar-refractivity contribution in [3.05, 3.63) is 71.3 Å². The summed E-state index contributed by atoms with van der Waals surface area (Å²) in [4.78, 5) is 11.9. The van der Waals surface area contributed by atoms with Gasteiger partial charge in [0.1, 0.15) is 6.04 Å². The van der Waals surface area contributed by atoms with Crippen LogP contribution >= 0.6 is 0 Å². The molecule has 1 atom stereocenters. The Bertz CT molecular complexity index is 662. The molecule has 0 radical (unpaired) electrons. The van der Waals surface area contributed by atoms with E-state index >= 15 is 0 Å². The molecule has 0 spiro atoms. The number of carbonyl (C=O) groups is 1. The summed E-state index contributed by atoms with van der Waals surface area (Å²) in [6.45, 7) is 0.502. The number of methoxy groups -OCH3 is 1. The van der Waals surface area contributed by atoms with E-state index in [2.05, 4.69) is 11.4 Å². The minimum absolute atomic E-state index is 0.291. The molecule has 0 aliphatic rings. The van der Waals surface area contributed by atoms with E-state index in [0.29, 0.717) is 18.5 Å². The molecular formula is C18H18N2O2. The summed E-state index contributed by atoms with van der Waals surface area (Å²) >= 11 is 0.